The van der Waals surface area contributed by atoms with E-state index in [1.807, 2.05) is 31.4 Å². The van der Waals surface area contributed by atoms with E-state index in [4.69, 9.17) is 5.84 Å². The van der Waals surface area contributed by atoms with Crippen molar-refractivity contribution in [2.45, 2.75) is 58.8 Å². The first kappa shape index (κ1) is 20.0. The molecule has 0 spiro atoms. The van der Waals surface area contributed by atoms with Crippen molar-refractivity contribution in [2.75, 3.05) is 6.54 Å². The average Bonchev–Trinajstić information content (AvgIpc) is 2.56. The summed E-state index contributed by atoms with van der Waals surface area (Å²) in [5, 5.41) is 13.0. The number of hydrogen-bond donors (Lipinski definition) is 4. The number of aryl methyl sites for hydroxylation is 1. The van der Waals surface area contributed by atoms with Gasteiger partial charge in [-0.3, -0.25) is 15.0 Å². The lowest BCUT2D eigenvalue weighted by atomic mass is 9.78. The van der Waals surface area contributed by atoms with Gasteiger partial charge in [0.25, 0.3) is 0 Å². The van der Waals surface area contributed by atoms with Gasteiger partial charge in [0.05, 0.1) is 0 Å². The topological polar surface area (TPSA) is 104 Å². The van der Waals surface area contributed by atoms with Crippen LogP contribution in [-0.4, -0.2) is 23.5 Å². The van der Waals surface area contributed by atoms with Crippen molar-refractivity contribution in [1.82, 2.24) is 10.7 Å². The van der Waals surface area contributed by atoms with Crippen LogP contribution in [0.15, 0.2) is 12.1 Å². The maximum Gasteiger partial charge on any atom is 0.323 e. The predicted octanol–water partition coefficient (Wildman–Crippen LogP) is 1.99. The molecule has 0 bridgehead atoms. The Labute approximate surface area is 143 Å². The highest BCUT2D eigenvalue weighted by Crippen LogP contribution is 2.38. The third-order valence-electron chi connectivity index (χ3n) is 4.75. The fraction of sp³-hybridized carbons (Fsp3) is 0.556. The highest BCUT2D eigenvalue weighted by Gasteiger charge is 2.25. The molecule has 1 unspecified atom stereocenters. The SMILES string of the molecule is CCC(CNC(=O)C(=O)NN)c1cc(C)c(O)c(C(C)(C)CC)c1. The molecule has 1 aromatic carbocycles. The van der Waals surface area contributed by atoms with Gasteiger partial charge in [-0.15, -0.1) is 0 Å². The van der Waals surface area contributed by atoms with Crippen molar-refractivity contribution in [3.05, 3.63) is 28.8 Å². The van der Waals surface area contributed by atoms with Crippen molar-refractivity contribution in [3.63, 3.8) is 0 Å². The normalized spacial score (nSPS) is 12.6. The molecule has 1 atom stereocenters. The number of nitrogens with two attached hydrogens (primary N) is 1. The third kappa shape index (κ3) is 4.47. The predicted molar refractivity (Wildman–Crippen MR) is 94.5 cm³/mol. The van der Waals surface area contributed by atoms with Gasteiger partial charge in [0.15, 0.2) is 0 Å². The Morgan fingerprint density at radius 3 is 2.38 bits per heavy atom. The number of hydrazine groups is 1. The van der Waals surface area contributed by atoms with Gasteiger partial charge >= 0.3 is 11.8 Å². The number of carbonyl (C=O) groups excluding carboxylic acids is 2. The Hall–Kier alpha value is -2.08. The van der Waals surface area contributed by atoms with E-state index in [1.54, 1.807) is 0 Å². The highest BCUT2D eigenvalue weighted by molar-refractivity contribution is 6.34. The van der Waals surface area contributed by atoms with Crippen LogP contribution in [0.3, 0.4) is 0 Å². The molecule has 0 aliphatic carbocycles. The largest absolute Gasteiger partial charge is 0.507 e. The molecular weight excluding hydrogens is 306 g/mol. The molecule has 0 aliphatic heterocycles. The van der Waals surface area contributed by atoms with Crippen molar-refractivity contribution in [2.24, 2.45) is 5.84 Å². The molecule has 0 fully saturated rings. The van der Waals surface area contributed by atoms with Crippen molar-refractivity contribution in [3.8, 4) is 5.75 Å². The fourth-order valence-electron chi connectivity index (χ4n) is 2.61. The molecule has 0 saturated carbocycles. The number of aromatic hydroxyl groups is 1. The van der Waals surface area contributed by atoms with Crippen LogP contribution in [0.4, 0.5) is 0 Å². The zero-order valence-corrected chi connectivity index (χ0v) is 15.2. The minimum Gasteiger partial charge on any atom is -0.507 e. The van der Waals surface area contributed by atoms with E-state index in [0.717, 1.165) is 29.5 Å². The van der Waals surface area contributed by atoms with Gasteiger partial charge in [0.1, 0.15) is 5.75 Å². The number of carbonyl (C=O) groups is 2. The maximum absolute atomic E-state index is 11.6. The maximum atomic E-state index is 11.6. The smallest absolute Gasteiger partial charge is 0.323 e. The Morgan fingerprint density at radius 1 is 1.25 bits per heavy atom. The minimum absolute atomic E-state index is 0.0465. The van der Waals surface area contributed by atoms with Crippen LogP contribution in [0.25, 0.3) is 0 Å². The summed E-state index contributed by atoms with van der Waals surface area (Å²) in [5.41, 5.74) is 4.43. The average molecular weight is 335 g/mol. The van der Waals surface area contributed by atoms with Gasteiger partial charge in [-0.25, -0.2) is 5.84 Å². The summed E-state index contributed by atoms with van der Waals surface area (Å²) < 4.78 is 0. The van der Waals surface area contributed by atoms with Crippen LogP contribution in [-0.2, 0) is 15.0 Å². The number of phenols is 1. The van der Waals surface area contributed by atoms with Crippen molar-refractivity contribution in [1.29, 1.82) is 0 Å². The second-order valence-corrected chi connectivity index (χ2v) is 6.76. The first-order valence-electron chi connectivity index (χ1n) is 8.30. The summed E-state index contributed by atoms with van der Waals surface area (Å²) in [6.45, 7) is 10.5. The summed E-state index contributed by atoms with van der Waals surface area (Å²) in [6.07, 6.45) is 1.69. The van der Waals surface area contributed by atoms with Crippen molar-refractivity contribution >= 4 is 11.8 Å². The Morgan fingerprint density at radius 2 is 1.88 bits per heavy atom. The molecule has 0 heterocycles. The molecule has 5 N–H and O–H groups in total. The molecule has 6 heteroatoms. The van der Waals surface area contributed by atoms with Gasteiger partial charge in [0, 0.05) is 18.0 Å². The molecule has 0 saturated heterocycles. The monoisotopic (exact) mass is 335 g/mol. The van der Waals surface area contributed by atoms with Gasteiger partial charge < -0.3 is 10.4 Å². The van der Waals surface area contributed by atoms with Crippen LogP contribution in [0, 0.1) is 6.92 Å². The summed E-state index contributed by atoms with van der Waals surface area (Å²) >= 11 is 0. The molecule has 0 radical (unpaired) electrons. The Kier molecular flexibility index (Phi) is 6.78. The van der Waals surface area contributed by atoms with Gasteiger partial charge in [0.2, 0.25) is 0 Å². The number of rotatable bonds is 6. The number of benzene rings is 1. The van der Waals surface area contributed by atoms with Crippen LogP contribution < -0.4 is 16.6 Å². The fourth-order valence-corrected chi connectivity index (χ4v) is 2.61. The number of phenolic OH excluding ortho intramolecular Hbond substituents is 1. The Balaban J connectivity index is 3.10. The number of hydrogen-bond acceptors (Lipinski definition) is 4. The standard InChI is InChI=1S/C18H29N3O3/c1-6-12(10-20-16(23)17(24)21-19)13-8-11(3)15(22)14(9-13)18(4,5)7-2/h8-9,12,22H,6-7,10,19H2,1-5H3,(H,20,23)(H,21,24). The Bertz CT molecular complexity index is 612. The quantitative estimate of drug-likeness (QED) is 0.276. The second-order valence-electron chi connectivity index (χ2n) is 6.76. The van der Waals surface area contributed by atoms with Crippen LogP contribution >= 0.6 is 0 Å². The van der Waals surface area contributed by atoms with E-state index >= 15 is 0 Å². The molecule has 134 valence electrons. The van der Waals surface area contributed by atoms with Gasteiger partial charge in [-0.1, -0.05) is 39.8 Å². The van der Waals surface area contributed by atoms with Crippen LogP contribution in [0.2, 0.25) is 0 Å². The first-order chi connectivity index (χ1) is 11.2. The summed E-state index contributed by atoms with van der Waals surface area (Å²) in [7, 11) is 0. The van der Waals surface area contributed by atoms with Gasteiger partial charge in [-0.05, 0) is 36.3 Å². The number of amides is 2. The van der Waals surface area contributed by atoms with E-state index < -0.39 is 11.8 Å². The van der Waals surface area contributed by atoms with E-state index in [2.05, 4.69) is 26.1 Å². The zero-order valence-electron chi connectivity index (χ0n) is 15.2. The van der Waals surface area contributed by atoms with E-state index in [0.29, 0.717) is 12.3 Å². The van der Waals surface area contributed by atoms with Crippen molar-refractivity contribution < 1.29 is 14.7 Å². The van der Waals surface area contributed by atoms with E-state index in [1.165, 1.54) is 0 Å². The van der Waals surface area contributed by atoms with Crippen LogP contribution in [0.1, 0.15) is 63.1 Å². The summed E-state index contributed by atoms with van der Waals surface area (Å²) in [6, 6.07) is 3.95. The summed E-state index contributed by atoms with van der Waals surface area (Å²) in [4.78, 5) is 22.8. The molecule has 0 aromatic heterocycles. The lowest BCUT2D eigenvalue weighted by Crippen LogP contribution is -2.44. The van der Waals surface area contributed by atoms with Crippen LogP contribution in [0.5, 0.6) is 5.75 Å². The second kappa shape index (κ2) is 8.15. The van der Waals surface area contributed by atoms with Gasteiger partial charge in [-0.2, -0.15) is 0 Å². The zero-order chi connectivity index (χ0) is 18.5. The first-order valence-corrected chi connectivity index (χ1v) is 8.30. The molecule has 24 heavy (non-hydrogen) atoms. The number of nitrogens with one attached hydrogen (secondary N) is 2. The highest BCUT2D eigenvalue weighted by atomic mass is 16.3. The molecule has 0 aliphatic rings. The molecule has 1 aromatic rings. The lowest BCUT2D eigenvalue weighted by Gasteiger charge is -2.27. The van der Waals surface area contributed by atoms with E-state index in [-0.39, 0.29) is 11.3 Å². The van der Waals surface area contributed by atoms with E-state index in [9.17, 15) is 14.7 Å². The third-order valence-corrected chi connectivity index (χ3v) is 4.75. The molecule has 2 amide bonds. The molecule has 1 rings (SSSR count). The molecule has 6 nitrogen and oxygen atoms in total. The summed E-state index contributed by atoms with van der Waals surface area (Å²) in [5.74, 6) is 3.72. The molecular formula is C18H29N3O3. The lowest BCUT2D eigenvalue weighted by molar-refractivity contribution is -0.139. The minimum atomic E-state index is -0.862.